The highest BCUT2D eigenvalue weighted by Crippen LogP contribution is 2.25. The van der Waals surface area contributed by atoms with E-state index in [1.165, 1.54) is 17.7 Å². The van der Waals surface area contributed by atoms with Crippen molar-refractivity contribution in [2.24, 2.45) is 5.92 Å². The number of aromatic nitrogens is 5. The van der Waals surface area contributed by atoms with Crippen molar-refractivity contribution in [3.63, 3.8) is 0 Å². The average Bonchev–Trinajstić information content (AvgIpc) is 3.46. The summed E-state index contributed by atoms with van der Waals surface area (Å²) >= 11 is 1.39. The van der Waals surface area contributed by atoms with Crippen LogP contribution in [-0.4, -0.2) is 42.2 Å². The summed E-state index contributed by atoms with van der Waals surface area (Å²) in [6.07, 6.45) is 1.65. The zero-order valence-corrected chi connectivity index (χ0v) is 22.0. The first-order valence-corrected chi connectivity index (χ1v) is 12.6. The van der Waals surface area contributed by atoms with E-state index in [2.05, 4.69) is 52.7 Å². The summed E-state index contributed by atoms with van der Waals surface area (Å²) in [4.78, 5) is 25.9. The van der Waals surface area contributed by atoms with Gasteiger partial charge in [-0.15, -0.1) is 11.3 Å². The van der Waals surface area contributed by atoms with Crippen LogP contribution in [0.15, 0.2) is 29.9 Å². The van der Waals surface area contributed by atoms with Crippen LogP contribution in [0.4, 0.5) is 5.82 Å². The fourth-order valence-corrected chi connectivity index (χ4v) is 4.63. The van der Waals surface area contributed by atoms with Crippen molar-refractivity contribution in [3.05, 3.63) is 63.0 Å². The minimum atomic E-state index is -0.0939. The Morgan fingerprint density at radius 1 is 1.25 bits per heavy atom. The molecule has 186 valence electrons. The average molecular weight is 503 g/mol. The fraction of sp³-hybridized carbons (Fsp3) is 0.370. The van der Waals surface area contributed by atoms with E-state index in [0.717, 1.165) is 22.4 Å². The highest BCUT2D eigenvalue weighted by Gasteiger charge is 2.20. The number of nitrogens with two attached hydrogens (primary N) is 1. The van der Waals surface area contributed by atoms with Crippen LogP contribution in [0.2, 0.25) is 0 Å². The summed E-state index contributed by atoms with van der Waals surface area (Å²) in [5, 5.41) is 17.1. The molecule has 0 aliphatic carbocycles. The first kappa shape index (κ1) is 25.5. The number of thiazole rings is 1. The minimum absolute atomic E-state index is 0.00104. The topological polar surface area (TPSA) is 120 Å². The number of rotatable bonds is 6. The molecule has 3 N–H and O–H groups in total. The monoisotopic (exact) mass is 502 g/mol. The standard InChI is InChI=1S/C27H30N6O2S/c1-16(13-34)12-33-25-23(24(28)29-15-30-25)20(32-33)9-8-19-10-18(7-6-17(19)2)11-21(35)26-31-22(14-36-26)27(3,4)5/h6-7,10,14-16,34H,11-13H2,1-5H3,(H2,28,29,30)/t16-/m1/s1. The second-order valence-corrected chi connectivity index (χ2v) is 10.9. The Labute approximate surface area is 214 Å². The van der Waals surface area contributed by atoms with Gasteiger partial charge in [-0.25, -0.2) is 19.6 Å². The Bertz CT molecular complexity index is 1490. The molecule has 0 fully saturated rings. The normalized spacial score (nSPS) is 12.4. The number of anilines is 1. The van der Waals surface area contributed by atoms with Crippen molar-refractivity contribution in [2.75, 3.05) is 12.3 Å². The summed E-state index contributed by atoms with van der Waals surface area (Å²) in [6.45, 7) is 10.7. The van der Waals surface area contributed by atoms with Crippen molar-refractivity contribution < 1.29 is 9.90 Å². The van der Waals surface area contributed by atoms with Crippen LogP contribution in [-0.2, 0) is 18.4 Å². The van der Waals surface area contributed by atoms with Crippen LogP contribution in [0, 0.1) is 24.7 Å². The quantitative estimate of drug-likeness (QED) is 0.303. The Morgan fingerprint density at radius 2 is 2.03 bits per heavy atom. The number of hydrogen-bond acceptors (Lipinski definition) is 8. The highest BCUT2D eigenvalue weighted by atomic mass is 32.1. The molecule has 0 aliphatic heterocycles. The van der Waals surface area contributed by atoms with E-state index in [1.54, 1.807) is 4.68 Å². The molecule has 1 atom stereocenters. The van der Waals surface area contributed by atoms with Crippen LogP contribution in [0.5, 0.6) is 0 Å². The van der Waals surface area contributed by atoms with Gasteiger partial charge in [0.05, 0.1) is 11.1 Å². The molecule has 0 bridgehead atoms. The molecule has 0 saturated heterocycles. The van der Waals surface area contributed by atoms with Crippen LogP contribution < -0.4 is 5.73 Å². The molecule has 0 spiro atoms. The van der Waals surface area contributed by atoms with Crippen LogP contribution in [0.1, 0.15) is 65.6 Å². The Kier molecular flexibility index (Phi) is 7.20. The fourth-order valence-electron chi connectivity index (χ4n) is 3.65. The summed E-state index contributed by atoms with van der Waals surface area (Å²) in [7, 11) is 0. The number of aliphatic hydroxyl groups is 1. The zero-order chi connectivity index (χ0) is 26.0. The van der Waals surface area contributed by atoms with Gasteiger partial charge in [-0.1, -0.05) is 45.7 Å². The maximum absolute atomic E-state index is 12.9. The Balaban J connectivity index is 1.63. The molecule has 0 saturated carbocycles. The molecule has 0 amide bonds. The maximum Gasteiger partial charge on any atom is 0.195 e. The van der Waals surface area contributed by atoms with Gasteiger partial charge in [0.1, 0.15) is 17.8 Å². The van der Waals surface area contributed by atoms with Gasteiger partial charge in [0.15, 0.2) is 16.4 Å². The van der Waals surface area contributed by atoms with Crippen molar-refractivity contribution in [1.29, 1.82) is 0 Å². The number of nitrogens with zero attached hydrogens (tertiary/aromatic N) is 5. The molecule has 8 nitrogen and oxygen atoms in total. The number of Topliss-reactive ketones (excluding diaryl/α,β-unsaturated/α-hetero) is 1. The van der Waals surface area contributed by atoms with Gasteiger partial charge in [0, 0.05) is 35.9 Å². The molecule has 1 aromatic carbocycles. The van der Waals surface area contributed by atoms with Gasteiger partial charge in [-0.2, -0.15) is 5.10 Å². The summed E-state index contributed by atoms with van der Waals surface area (Å²) in [5.41, 5.74) is 10.7. The first-order valence-electron chi connectivity index (χ1n) is 11.8. The maximum atomic E-state index is 12.9. The van der Waals surface area contributed by atoms with Gasteiger partial charge in [0.25, 0.3) is 0 Å². The largest absolute Gasteiger partial charge is 0.396 e. The third-order valence-electron chi connectivity index (χ3n) is 5.85. The van der Waals surface area contributed by atoms with Gasteiger partial charge in [-0.3, -0.25) is 4.79 Å². The lowest BCUT2D eigenvalue weighted by Crippen LogP contribution is -2.12. The smallest absolute Gasteiger partial charge is 0.195 e. The number of fused-ring (bicyclic) bond motifs is 1. The molecule has 36 heavy (non-hydrogen) atoms. The molecular weight excluding hydrogens is 472 g/mol. The van der Waals surface area contributed by atoms with E-state index < -0.39 is 0 Å². The number of benzene rings is 1. The molecule has 0 aliphatic rings. The number of aliphatic hydroxyl groups excluding tert-OH is 1. The molecule has 3 aromatic heterocycles. The third kappa shape index (κ3) is 5.45. The summed E-state index contributed by atoms with van der Waals surface area (Å²) in [6, 6.07) is 5.85. The second kappa shape index (κ2) is 10.2. The second-order valence-electron chi connectivity index (χ2n) is 10.1. The van der Waals surface area contributed by atoms with E-state index in [4.69, 9.17) is 5.73 Å². The predicted molar refractivity (Wildman–Crippen MR) is 142 cm³/mol. The minimum Gasteiger partial charge on any atom is -0.396 e. The van der Waals surface area contributed by atoms with Crippen molar-refractivity contribution in [2.45, 2.75) is 53.0 Å². The zero-order valence-electron chi connectivity index (χ0n) is 21.2. The third-order valence-corrected chi connectivity index (χ3v) is 6.73. The van der Waals surface area contributed by atoms with E-state index in [9.17, 15) is 9.90 Å². The molecule has 0 unspecified atom stereocenters. The molecule has 0 radical (unpaired) electrons. The molecule has 3 heterocycles. The lowest BCUT2D eigenvalue weighted by atomic mass is 9.93. The lowest BCUT2D eigenvalue weighted by molar-refractivity contribution is 0.0992. The van der Waals surface area contributed by atoms with Gasteiger partial charge < -0.3 is 10.8 Å². The van der Waals surface area contributed by atoms with E-state index in [1.807, 2.05) is 37.4 Å². The first-order chi connectivity index (χ1) is 17.1. The van der Waals surface area contributed by atoms with Crippen molar-refractivity contribution >= 4 is 34.0 Å². The summed E-state index contributed by atoms with van der Waals surface area (Å²) < 4.78 is 1.71. The molecular formula is C27H30N6O2S. The van der Waals surface area contributed by atoms with Crippen molar-refractivity contribution in [3.8, 4) is 11.8 Å². The Morgan fingerprint density at radius 3 is 2.72 bits per heavy atom. The number of carbonyl (C=O) groups is 1. The molecule has 9 heteroatoms. The van der Waals surface area contributed by atoms with E-state index in [-0.39, 0.29) is 30.1 Å². The number of nitrogen functional groups attached to an aromatic ring is 1. The highest BCUT2D eigenvalue weighted by molar-refractivity contribution is 7.11. The van der Waals surface area contributed by atoms with Gasteiger partial charge >= 0.3 is 0 Å². The van der Waals surface area contributed by atoms with Gasteiger partial charge in [0.2, 0.25) is 0 Å². The number of carbonyl (C=O) groups excluding carboxylic acids is 1. The Hall–Kier alpha value is -3.61. The predicted octanol–water partition coefficient (Wildman–Crippen LogP) is 3.92. The SMILES string of the molecule is Cc1ccc(CC(=O)c2nc(C(C)(C)C)cs2)cc1C#Cc1nn(C[C@@H](C)CO)c2ncnc(N)c12. The number of aryl methyl sites for hydroxylation is 1. The van der Waals surface area contributed by atoms with E-state index in [0.29, 0.717) is 34.1 Å². The van der Waals surface area contributed by atoms with Gasteiger partial charge in [-0.05, 0) is 36.0 Å². The van der Waals surface area contributed by atoms with Crippen LogP contribution >= 0.6 is 11.3 Å². The number of hydrogen-bond donors (Lipinski definition) is 2. The molecule has 4 rings (SSSR count). The lowest BCUT2D eigenvalue weighted by Gasteiger charge is -2.14. The van der Waals surface area contributed by atoms with Crippen LogP contribution in [0.3, 0.4) is 0 Å². The number of ketones is 1. The van der Waals surface area contributed by atoms with E-state index >= 15 is 0 Å². The molecule has 4 aromatic rings. The van der Waals surface area contributed by atoms with Crippen molar-refractivity contribution in [1.82, 2.24) is 24.7 Å². The summed E-state index contributed by atoms with van der Waals surface area (Å²) in [5.74, 6) is 6.62. The van der Waals surface area contributed by atoms with Crippen LogP contribution in [0.25, 0.3) is 11.0 Å².